The zero-order chi connectivity index (χ0) is 23.9. The van der Waals surface area contributed by atoms with Crippen molar-refractivity contribution < 1.29 is 44.3 Å². The minimum Gasteiger partial charge on any atom is -0.494 e. The third kappa shape index (κ3) is 4.92. The number of halogens is 6. The summed E-state index contributed by atoms with van der Waals surface area (Å²) in [5.41, 5.74) is -3.33. The van der Waals surface area contributed by atoms with E-state index in [4.69, 9.17) is 4.74 Å². The van der Waals surface area contributed by atoms with Gasteiger partial charge in [-0.15, -0.1) is 0 Å². The normalized spacial score (nSPS) is 15.2. The largest absolute Gasteiger partial charge is 0.494 e. The maximum atomic E-state index is 13.0. The van der Waals surface area contributed by atoms with Crippen LogP contribution in [0.2, 0.25) is 0 Å². The van der Waals surface area contributed by atoms with Crippen LogP contribution in [-0.2, 0) is 27.2 Å². The van der Waals surface area contributed by atoms with E-state index in [1.165, 1.54) is 30.2 Å². The molecule has 13 heteroatoms. The van der Waals surface area contributed by atoms with E-state index in [9.17, 15) is 39.6 Å². The average molecular weight is 482 g/mol. The molecule has 1 heterocycles. The molecule has 1 N–H and O–H groups in total. The van der Waals surface area contributed by atoms with Gasteiger partial charge in [-0.2, -0.15) is 26.3 Å². The van der Waals surface area contributed by atoms with Crippen molar-refractivity contribution in [3.05, 3.63) is 47.5 Å². The number of anilines is 2. The molecule has 1 aliphatic rings. The molecule has 0 bridgehead atoms. The molecule has 174 valence electrons. The van der Waals surface area contributed by atoms with Gasteiger partial charge in [0.2, 0.25) is 5.91 Å². The summed E-state index contributed by atoms with van der Waals surface area (Å²) in [6.07, 6.45) is -9.45. The van der Waals surface area contributed by atoms with Gasteiger partial charge in [0.1, 0.15) is 5.75 Å². The van der Waals surface area contributed by atoms with Crippen molar-refractivity contribution in [1.29, 1.82) is 0 Å². The molecule has 0 spiro atoms. The molecule has 2 aromatic rings. The van der Waals surface area contributed by atoms with Crippen LogP contribution in [0.4, 0.5) is 37.7 Å². The van der Waals surface area contributed by atoms with Crippen molar-refractivity contribution in [2.75, 3.05) is 23.3 Å². The lowest BCUT2D eigenvalue weighted by Gasteiger charge is -2.20. The number of carbonyl (C=O) groups excluding carboxylic acids is 1. The maximum Gasteiger partial charge on any atom is 0.416 e. The second-order valence-electron chi connectivity index (χ2n) is 6.88. The topological polar surface area (TPSA) is 75.7 Å². The van der Waals surface area contributed by atoms with Crippen molar-refractivity contribution in [3.8, 4) is 5.75 Å². The van der Waals surface area contributed by atoms with E-state index in [2.05, 4.69) is 0 Å². The molecule has 3 rings (SSSR count). The van der Waals surface area contributed by atoms with Gasteiger partial charge in [-0.05, 0) is 36.8 Å². The van der Waals surface area contributed by atoms with Gasteiger partial charge >= 0.3 is 12.4 Å². The van der Waals surface area contributed by atoms with Gasteiger partial charge in [-0.1, -0.05) is 0 Å². The number of nitrogens with one attached hydrogen (secondary N) is 1. The Bertz CT molecular complexity index is 1110. The smallest absolute Gasteiger partial charge is 0.416 e. The number of hydrogen-bond donors (Lipinski definition) is 1. The predicted octanol–water partition coefficient (Wildman–Crippen LogP) is 4.66. The molecule has 0 aromatic heterocycles. The number of carbonyl (C=O) groups is 1. The summed E-state index contributed by atoms with van der Waals surface area (Å²) >= 11 is 0. The minimum atomic E-state index is -5.20. The van der Waals surface area contributed by atoms with E-state index in [0.29, 0.717) is 25.1 Å². The van der Waals surface area contributed by atoms with Crippen LogP contribution < -0.4 is 14.4 Å². The Morgan fingerprint density at radius 2 is 1.56 bits per heavy atom. The van der Waals surface area contributed by atoms with E-state index < -0.39 is 38.4 Å². The van der Waals surface area contributed by atoms with Crippen molar-refractivity contribution >= 4 is 27.3 Å². The van der Waals surface area contributed by atoms with Crippen LogP contribution in [0.3, 0.4) is 0 Å². The molecule has 1 saturated heterocycles. The summed E-state index contributed by atoms with van der Waals surface area (Å²) < 4.78 is 111. The third-order valence-corrected chi connectivity index (χ3v) is 6.03. The van der Waals surface area contributed by atoms with Crippen molar-refractivity contribution in [2.24, 2.45) is 0 Å². The number of benzene rings is 2. The molecule has 1 aliphatic heterocycles. The molecule has 0 atom stereocenters. The van der Waals surface area contributed by atoms with Gasteiger partial charge < -0.3 is 9.64 Å². The van der Waals surface area contributed by atoms with E-state index in [0.717, 1.165) is 0 Å². The summed E-state index contributed by atoms with van der Waals surface area (Å²) in [4.78, 5) is 12.2. The first-order valence-corrected chi connectivity index (χ1v) is 10.5. The first kappa shape index (κ1) is 23.7. The molecule has 6 nitrogen and oxygen atoms in total. The molecular weight excluding hydrogens is 466 g/mol. The second-order valence-corrected chi connectivity index (χ2v) is 8.57. The van der Waals surface area contributed by atoms with E-state index in [-0.39, 0.29) is 35.5 Å². The van der Waals surface area contributed by atoms with Gasteiger partial charge in [0, 0.05) is 19.0 Å². The average Bonchev–Trinajstić information content (AvgIpc) is 3.11. The molecule has 1 fully saturated rings. The number of alkyl halides is 6. The first-order valence-electron chi connectivity index (χ1n) is 9.03. The van der Waals surface area contributed by atoms with Crippen LogP contribution in [0.1, 0.15) is 24.0 Å². The lowest BCUT2D eigenvalue weighted by molar-refractivity contribution is -0.143. The molecule has 0 radical (unpaired) electrons. The first-order chi connectivity index (χ1) is 14.7. The fourth-order valence-electron chi connectivity index (χ4n) is 3.16. The van der Waals surface area contributed by atoms with Gasteiger partial charge in [0.15, 0.2) is 0 Å². The van der Waals surface area contributed by atoms with Crippen molar-refractivity contribution in [2.45, 2.75) is 30.1 Å². The number of hydrogen-bond acceptors (Lipinski definition) is 4. The molecule has 0 aliphatic carbocycles. The highest BCUT2D eigenvalue weighted by atomic mass is 32.2. The lowest BCUT2D eigenvalue weighted by atomic mass is 10.1. The number of rotatable bonds is 5. The zero-order valence-electron chi connectivity index (χ0n) is 16.3. The predicted molar refractivity (Wildman–Crippen MR) is 102 cm³/mol. The molecule has 32 heavy (non-hydrogen) atoms. The zero-order valence-corrected chi connectivity index (χ0v) is 17.2. The second kappa shape index (κ2) is 8.19. The summed E-state index contributed by atoms with van der Waals surface area (Å²) in [6, 6.07) is 3.84. The highest BCUT2D eigenvalue weighted by Gasteiger charge is 2.38. The molecule has 0 unspecified atom stereocenters. The van der Waals surface area contributed by atoms with Crippen LogP contribution in [0.25, 0.3) is 0 Å². The Kier molecular flexibility index (Phi) is 6.06. The number of ether oxygens (including phenoxy) is 1. The lowest BCUT2D eigenvalue weighted by Crippen LogP contribution is -2.24. The summed E-state index contributed by atoms with van der Waals surface area (Å²) in [6.45, 7) is 0.421. The Hall–Kier alpha value is -2.96. The van der Waals surface area contributed by atoms with E-state index in [1.54, 1.807) is 0 Å². The van der Waals surface area contributed by atoms with Gasteiger partial charge in [0.05, 0.1) is 34.5 Å². The van der Waals surface area contributed by atoms with Gasteiger partial charge in [-0.3, -0.25) is 9.52 Å². The standard InChI is InChI=1S/C19H16F6N2O4S/c1-31-16-10-13(4-5-15(16)27-6-2-3-17(27)28)26-32(29,30)14-8-11(18(20,21)22)7-12(9-14)19(23,24)25/h4-5,7-10,26H,2-3,6H2,1H3. The van der Waals surface area contributed by atoms with Crippen molar-refractivity contribution in [1.82, 2.24) is 0 Å². The Balaban J connectivity index is 2.00. The Labute approximate surface area is 178 Å². The van der Waals surface area contributed by atoms with Gasteiger partial charge in [0.25, 0.3) is 10.0 Å². The number of nitrogens with zero attached hydrogens (tertiary/aromatic N) is 1. The minimum absolute atomic E-state index is 0.0977. The summed E-state index contributed by atoms with van der Waals surface area (Å²) in [5, 5.41) is 0. The highest BCUT2D eigenvalue weighted by molar-refractivity contribution is 7.92. The van der Waals surface area contributed by atoms with E-state index in [1.807, 2.05) is 4.72 Å². The van der Waals surface area contributed by atoms with Crippen LogP contribution in [0.15, 0.2) is 41.3 Å². The van der Waals surface area contributed by atoms with Crippen molar-refractivity contribution in [3.63, 3.8) is 0 Å². The highest BCUT2D eigenvalue weighted by Crippen LogP contribution is 2.38. The number of methoxy groups -OCH3 is 1. The van der Waals surface area contributed by atoms with Crippen LogP contribution in [-0.4, -0.2) is 28.0 Å². The monoisotopic (exact) mass is 482 g/mol. The van der Waals surface area contributed by atoms with Gasteiger partial charge in [-0.25, -0.2) is 8.42 Å². The number of amides is 1. The third-order valence-electron chi connectivity index (χ3n) is 4.67. The maximum absolute atomic E-state index is 13.0. The summed E-state index contributed by atoms with van der Waals surface area (Å²) in [5.74, 6) is -0.0688. The summed E-state index contributed by atoms with van der Waals surface area (Å²) in [7, 11) is -3.57. The SMILES string of the molecule is COc1cc(NS(=O)(=O)c2cc(C(F)(F)F)cc(C(F)(F)F)c2)ccc1N1CCCC1=O. The Morgan fingerprint density at radius 3 is 2.03 bits per heavy atom. The number of sulfonamides is 1. The Morgan fingerprint density at radius 1 is 0.969 bits per heavy atom. The molecule has 2 aromatic carbocycles. The van der Waals surface area contributed by atoms with E-state index >= 15 is 0 Å². The van der Waals surface area contributed by atoms with Crippen LogP contribution in [0, 0.1) is 0 Å². The van der Waals surface area contributed by atoms with Crippen LogP contribution >= 0.6 is 0 Å². The quantitative estimate of drug-likeness (QED) is 0.629. The fourth-order valence-corrected chi connectivity index (χ4v) is 4.28. The molecule has 1 amide bonds. The molecular formula is C19H16F6N2O4S. The van der Waals surface area contributed by atoms with Crippen LogP contribution in [0.5, 0.6) is 5.75 Å². The fraction of sp³-hybridized carbons (Fsp3) is 0.316. The molecule has 0 saturated carbocycles.